The maximum absolute atomic E-state index is 11.9. The van der Waals surface area contributed by atoms with E-state index in [0.717, 1.165) is 11.3 Å². The second-order valence-electron chi connectivity index (χ2n) is 4.70. The van der Waals surface area contributed by atoms with Crippen LogP contribution in [0.5, 0.6) is 0 Å². The lowest BCUT2D eigenvalue weighted by molar-refractivity contribution is -0.115. The van der Waals surface area contributed by atoms with Crippen molar-refractivity contribution in [2.75, 3.05) is 23.8 Å². The van der Waals surface area contributed by atoms with Gasteiger partial charge in [-0.2, -0.15) is 5.10 Å². The molecule has 0 bridgehead atoms. The fourth-order valence-electron chi connectivity index (χ4n) is 1.62. The zero-order valence-corrected chi connectivity index (χ0v) is 12.0. The van der Waals surface area contributed by atoms with E-state index in [-0.39, 0.29) is 12.5 Å². The smallest absolute Gasteiger partial charge is 0.245 e. The number of rotatable bonds is 4. The summed E-state index contributed by atoms with van der Waals surface area (Å²) < 4.78 is 4.88. The van der Waals surface area contributed by atoms with Crippen molar-refractivity contribution in [3.63, 3.8) is 0 Å². The Hall–Kier alpha value is -2.44. The number of hydrogen-bond donors (Lipinski definition) is 1. The third-order valence-corrected chi connectivity index (χ3v) is 2.89. The molecule has 0 spiro atoms. The third-order valence-electron chi connectivity index (χ3n) is 2.89. The second-order valence-corrected chi connectivity index (χ2v) is 4.70. The second kappa shape index (κ2) is 5.68. The Morgan fingerprint density at radius 1 is 1.30 bits per heavy atom. The summed E-state index contributed by atoms with van der Waals surface area (Å²) in [5.74, 6) is 1.51. The van der Waals surface area contributed by atoms with Crippen LogP contribution < -0.4 is 10.2 Å². The van der Waals surface area contributed by atoms with Crippen molar-refractivity contribution in [2.24, 2.45) is 0 Å². The maximum atomic E-state index is 11.9. The summed E-state index contributed by atoms with van der Waals surface area (Å²) in [5.41, 5.74) is 1.92. The fourth-order valence-corrected chi connectivity index (χ4v) is 1.62. The van der Waals surface area contributed by atoms with E-state index >= 15 is 0 Å². The minimum Gasteiger partial charge on any atom is -0.360 e. The molecule has 0 aromatic carbocycles. The highest BCUT2D eigenvalue weighted by Crippen LogP contribution is 2.12. The molecule has 2 rings (SSSR count). The number of amides is 1. The van der Waals surface area contributed by atoms with Gasteiger partial charge in [-0.05, 0) is 32.4 Å². The molecule has 7 heteroatoms. The van der Waals surface area contributed by atoms with Gasteiger partial charge in [-0.3, -0.25) is 4.79 Å². The lowest BCUT2D eigenvalue weighted by Gasteiger charge is -2.17. The molecule has 0 aliphatic rings. The molecule has 0 saturated heterocycles. The number of carbonyl (C=O) groups excluding carboxylic acids is 1. The van der Waals surface area contributed by atoms with Crippen LogP contribution in [0.2, 0.25) is 0 Å². The predicted molar refractivity (Wildman–Crippen MR) is 74.6 cm³/mol. The van der Waals surface area contributed by atoms with Crippen molar-refractivity contribution in [2.45, 2.75) is 20.8 Å². The van der Waals surface area contributed by atoms with Crippen molar-refractivity contribution in [1.82, 2.24) is 15.4 Å². The number of anilines is 2. The van der Waals surface area contributed by atoms with E-state index in [1.54, 1.807) is 24.9 Å². The van der Waals surface area contributed by atoms with Crippen LogP contribution in [0.1, 0.15) is 17.0 Å². The molecule has 0 aliphatic carbocycles. The standard InChI is InChI=1S/C13H17N5O2/c1-8-5-12(16-15-10(8)3)18(4)7-13(19)14-11-6-9(2)20-17-11/h5-6H,7H2,1-4H3,(H,14,17,19). The Balaban J connectivity index is 1.98. The molecule has 0 fully saturated rings. The molecule has 106 valence electrons. The van der Waals surface area contributed by atoms with Crippen molar-refractivity contribution < 1.29 is 9.32 Å². The molecular weight excluding hydrogens is 258 g/mol. The number of likely N-dealkylation sites (N-methyl/N-ethyl adjacent to an activating group) is 1. The summed E-state index contributed by atoms with van der Waals surface area (Å²) >= 11 is 0. The Morgan fingerprint density at radius 2 is 2.05 bits per heavy atom. The Bertz CT molecular complexity index is 623. The van der Waals surface area contributed by atoms with Crippen molar-refractivity contribution >= 4 is 17.5 Å². The number of nitrogens with one attached hydrogen (secondary N) is 1. The molecule has 2 aromatic heterocycles. The molecule has 7 nitrogen and oxygen atoms in total. The summed E-state index contributed by atoms with van der Waals surface area (Å²) in [7, 11) is 1.78. The van der Waals surface area contributed by atoms with E-state index in [9.17, 15) is 4.79 Å². The number of aromatic nitrogens is 3. The van der Waals surface area contributed by atoms with Gasteiger partial charge in [-0.25, -0.2) is 0 Å². The van der Waals surface area contributed by atoms with Crippen LogP contribution >= 0.6 is 0 Å². The summed E-state index contributed by atoms with van der Waals surface area (Å²) in [6, 6.07) is 3.56. The predicted octanol–water partition coefficient (Wildman–Crippen LogP) is 1.46. The molecule has 2 aromatic rings. The quantitative estimate of drug-likeness (QED) is 0.909. The molecule has 0 aliphatic heterocycles. The van der Waals surface area contributed by atoms with E-state index in [1.807, 2.05) is 19.9 Å². The van der Waals surface area contributed by atoms with Crippen molar-refractivity contribution in [3.05, 3.63) is 29.2 Å². The molecule has 20 heavy (non-hydrogen) atoms. The van der Waals surface area contributed by atoms with Gasteiger partial charge in [0.25, 0.3) is 0 Å². The highest BCUT2D eigenvalue weighted by atomic mass is 16.5. The highest BCUT2D eigenvalue weighted by molar-refractivity contribution is 5.93. The minimum absolute atomic E-state index is 0.156. The molecule has 0 atom stereocenters. The Labute approximate surface area is 117 Å². The molecule has 2 heterocycles. The first-order valence-electron chi connectivity index (χ1n) is 6.21. The monoisotopic (exact) mass is 275 g/mol. The van der Waals surface area contributed by atoms with Gasteiger partial charge in [0.2, 0.25) is 5.91 Å². The first-order valence-corrected chi connectivity index (χ1v) is 6.21. The van der Waals surface area contributed by atoms with Crippen molar-refractivity contribution in [3.8, 4) is 0 Å². The molecule has 1 amide bonds. The molecule has 1 N–H and O–H groups in total. The van der Waals surface area contributed by atoms with Crippen LogP contribution in [0.4, 0.5) is 11.6 Å². The van der Waals surface area contributed by atoms with Gasteiger partial charge in [0.1, 0.15) is 5.76 Å². The molecule has 0 radical (unpaired) electrons. The summed E-state index contributed by atoms with van der Waals surface area (Å²) in [6.07, 6.45) is 0. The van der Waals surface area contributed by atoms with E-state index in [2.05, 4.69) is 20.7 Å². The zero-order chi connectivity index (χ0) is 14.7. The average molecular weight is 275 g/mol. The van der Waals surface area contributed by atoms with Crippen LogP contribution in [-0.4, -0.2) is 34.9 Å². The lowest BCUT2D eigenvalue weighted by Crippen LogP contribution is -2.31. The zero-order valence-electron chi connectivity index (χ0n) is 12.0. The average Bonchev–Trinajstić information content (AvgIpc) is 2.77. The van der Waals surface area contributed by atoms with Gasteiger partial charge in [0.05, 0.1) is 12.2 Å². The molecule has 0 saturated carbocycles. The molecular formula is C13H17N5O2. The van der Waals surface area contributed by atoms with E-state index in [4.69, 9.17) is 4.52 Å². The minimum atomic E-state index is -0.194. The number of hydrogen-bond acceptors (Lipinski definition) is 6. The van der Waals surface area contributed by atoms with Crippen LogP contribution in [0.3, 0.4) is 0 Å². The van der Waals surface area contributed by atoms with Crippen LogP contribution in [0.25, 0.3) is 0 Å². The van der Waals surface area contributed by atoms with Gasteiger partial charge in [0.15, 0.2) is 11.6 Å². The van der Waals surface area contributed by atoms with Gasteiger partial charge < -0.3 is 14.7 Å². The first-order chi connectivity index (χ1) is 9.45. The van der Waals surface area contributed by atoms with Gasteiger partial charge in [-0.15, -0.1) is 5.10 Å². The van der Waals surface area contributed by atoms with Gasteiger partial charge in [-0.1, -0.05) is 5.16 Å². The normalized spacial score (nSPS) is 10.4. The van der Waals surface area contributed by atoms with Crippen molar-refractivity contribution in [1.29, 1.82) is 0 Å². The Morgan fingerprint density at radius 3 is 2.65 bits per heavy atom. The van der Waals surface area contributed by atoms with Crippen LogP contribution in [-0.2, 0) is 4.79 Å². The summed E-state index contributed by atoms with van der Waals surface area (Å²) in [4.78, 5) is 13.6. The van der Waals surface area contributed by atoms with Crippen LogP contribution in [0, 0.1) is 20.8 Å². The number of nitrogens with zero attached hydrogens (tertiary/aromatic N) is 4. The largest absolute Gasteiger partial charge is 0.360 e. The Kier molecular flexibility index (Phi) is 3.97. The lowest BCUT2D eigenvalue weighted by atomic mass is 10.2. The SMILES string of the molecule is Cc1cc(NC(=O)CN(C)c2cc(C)c(C)nn2)no1. The summed E-state index contributed by atoms with van der Waals surface area (Å²) in [5, 5.41) is 14.5. The topological polar surface area (TPSA) is 84.2 Å². The van der Waals surface area contributed by atoms with E-state index in [1.165, 1.54) is 0 Å². The maximum Gasteiger partial charge on any atom is 0.245 e. The fraction of sp³-hybridized carbons (Fsp3) is 0.385. The van der Waals surface area contributed by atoms with Crippen LogP contribution in [0.15, 0.2) is 16.7 Å². The summed E-state index contributed by atoms with van der Waals surface area (Å²) in [6.45, 7) is 5.77. The first kappa shape index (κ1) is 14.0. The third kappa shape index (κ3) is 3.31. The van der Waals surface area contributed by atoms with E-state index < -0.39 is 0 Å². The molecule has 0 unspecified atom stereocenters. The van der Waals surface area contributed by atoms with Gasteiger partial charge in [0, 0.05) is 13.1 Å². The van der Waals surface area contributed by atoms with Gasteiger partial charge >= 0.3 is 0 Å². The van der Waals surface area contributed by atoms with E-state index in [0.29, 0.717) is 17.4 Å². The highest BCUT2D eigenvalue weighted by Gasteiger charge is 2.11. The number of carbonyl (C=O) groups is 1. The number of aryl methyl sites for hydroxylation is 3.